The smallest absolute Gasteiger partial charge is 0.252 e. The SMILES string of the molecule is O=C1N[C@H]2C=C[C@@H](O)[C@H](OC3CCCCO3)[C@@H]2c2cc3c(cc21)OCO3. The number of carbonyl (C=O) groups is 1. The number of nitrogens with one attached hydrogen (secondary N) is 1. The molecule has 0 bridgehead atoms. The Bertz CT molecular complexity index is 757. The Kier molecular flexibility index (Phi) is 3.88. The molecular formula is C19H21NO6. The third-order valence-electron chi connectivity index (χ3n) is 5.49. The monoisotopic (exact) mass is 359 g/mol. The molecule has 138 valence electrons. The summed E-state index contributed by atoms with van der Waals surface area (Å²) >= 11 is 0. The Morgan fingerprint density at radius 2 is 2.00 bits per heavy atom. The molecule has 0 spiro atoms. The molecule has 1 amide bonds. The predicted molar refractivity (Wildman–Crippen MR) is 90.2 cm³/mol. The molecule has 7 nitrogen and oxygen atoms in total. The molecule has 5 atom stereocenters. The number of ether oxygens (including phenoxy) is 4. The molecule has 1 saturated heterocycles. The van der Waals surface area contributed by atoms with Crippen molar-refractivity contribution in [1.82, 2.24) is 5.32 Å². The number of rotatable bonds is 2. The lowest BCUT2D eigenvalue weighted by molar-refractivity contribution is -0.209. The Morgan fingerprint density at radius 1 is 1.15 bits per heavy atom. The molecule has 3 aliphatic heterocycles. The maximum Gasteiger partial charge on any atom is 0.252 e. The normalized spacial score (nSPS) is 34.8. The molecular weight excluding hydrogens is 338 g/mol. The van der Waals surface area contributed by atoms with Crippen molar-refractivity contribution in [2.75, 3.05) is 13.4 Å². The summed E-state index contributed by atoms with van der Waals surface area (Å²) in [6, 6.07) is 3.31. The van der Waals surface area contributed by atoms with E-state index in [1.165, 1.54) is 0 Å². The van der Waals surface area contributed by atoms with E-state index in [1.54, 1.807) is 12.1 Å². The number of aliphatic hydroxyl groups excluding tert-OH is 1. The quantitative estimate of drug-likeness (QED) is 0.778. The number of amides is 1. The van der Waals surface area contributed by atoms with Gasteiger partial charge in [-0.15, -0.1) is 0 Å². The van der Waals surface area contributed by atoms with Crippen LogP contribution >= 0.6 is 0 Å². The van der Waals surface area contributed by atoms with Gasteiger partial charge in [0.1, 0.15) is 0 Å². The molecule has 0 saturated carbocycles. The zero-order valence-electron chi connectivity index (χ0n) is 14.2. The Hall–Kier alpha value is -2.09. The zero-order valence-corrected chi connectivity index (χ0v) is 14.2. The molecule has 2 N–H and O–H groups in total. The van der Waals surface area contributed by atoms with Gasteiger partial charge in [0.05, 0.1) is 18.2 Å². The molecule has 7 heteroatoms. The highest BCUT2D eigenvalue weighted by Gasteiger charge is 2.45. The van der Waals surface area contributed by atoms with Gasteiger partial charge < -0.3 is 29.4 Å². The van der Waals surface area contributed by atoms with Crippen molar-refractivity contribution < 1.29 is 28.8 Å². The molecule has 3 heterocycles. The number of aliphatic hydroxyl groups is 1. The summed E-state index contributed by atoms with van der Waals surface area (Å²) in [5.41, 5.74) is 1.35. The van der Waals surface area contributed by atoms with Gasteiger partial charge in [0.25, 0.3) is 5.91 Å². The Labute approximate surface area is 150 Å². The summed E-state index contributed by atoms with van der Waals surface area (Å²) in [6.45, 7) is 0.815. The Morgan fingerprint density at radius 3 is 2.81 bits per heavy atom. The molecule has 4 aliphatic rings. The van der Waals surface area contributed by atoms with E-state index in [4.69, 9.17) is 18.9 Å². The standard InChI is InChI=1S/C19H21NO6/c21-13-5-4-12-17(18(13)26-16-3-1-2-6-23-16)10-7-14-15(25-9-24-14)8-11(10)19(22)20-12/h4-5,7-8,12-13,16-18,21H,1-3,6,9H2,(H,20,22)/t12-,13+,16?,17+,18-/m0/s1. The van der Waals surface area contributed by atoms with E-state index >= 15 is 0 Å². The van der Waals surface area contributed by atoms with Crippen LogP contribution in [0.5, 0.6) is 11.5 Å². The number of fused-ring (bicyclic) bond motifs is 4. The first-order valence-electron chi connectivity index (χ1n) is 9.08. The second-order valence-corrected chi connectivity index (χ2v) is 7.09. The summed E-state index contributed by atoms with van der Waals surface area (Å²) in [5.74, 6) is 0.808. The first-order valence-corrected chi connectivity index (χ1v) is 9.08. The summed E-state index contributed by atoms with van der Waals surface area (Å²) in [5, 5.41) is 13.6. The maximum atomic E-state index is 12.5. The minimum absolute atomic E-state index is 0.145. The highest BCUT2D eigenvalue weighted by Crippen LogP contribution is 2.44. The van der Waals surface area contributed by atoms with Crippen LogP contribution in [0.2, 0.25) is 0 Å². The zero-order chi connectivity index (χ0) is 17.7. The molecule has 1 fully saturated rings. The van der Waals surface area contributed by atoms with Gasteiger partial charge in [-0.1, -0.05) is 12.2 Å². The van der Waals surface area contributed by atoms with Crippen LogP contribution in [0.25, 0.3) is 0 Å². The fraction of sp³-hybridized carbons (Fsp3) is 0.526. The van der Waals surface area contributed by atoms with Crippen LogP contribution < -0.4 is 14.8 Å². The van der Waals surface area contributed by atoms with Crippen LogP contribution in [0.15, 0.2) is 24.3 Å². The van der Waals surface area contributed by atoms with Crippen LogP contribution in [0.4, 0.5) is 0 Å². The number of benzene rings is 1. The first-order chi connectivity index (χ1) is 12.7. The van der Waals surface area contributed by atoms with Crippen LogP contribution in [-0.4, -0.2) is 49.0 Å². The van der Waals surface area contributed by atoms with E-state index in [0.717, 1.165) is 24.8 Å². The van der Waals surface area contributed by atoms with E-state index in [0.29, 0.717) is 23.7 Å². The predicted octanol–water partition coefficient (Wildman–Crippen LogP) is 1.45. The van der Waals surface area contributed by atoms with Gasteiger partial charge in [0.15, 0.2) is 17.8 Å². The van der Waals surface area contributed by atoms with Crippen molar-refractivity contribution in [3.63, 3.8) is 0 Å². The molecule has 26 heavy (non-hydrogen) atoms. The molecule has 0 radical (unpaired) electrons. The molecule has 1 unspecified atom stereocenters. The molecule has 1 aromatic carbocycles. The van der Waals surface area contributed by atoms with E-state index in [-0.39, 0.29) is 30.9 Å². The van der Waals surface area contributed by atoms with Crippen LogP contribution in [0, 0.1) is 0 Å². The summed E-state index contributed by atoms with van der Waals surface area (Å²) in [4.78, 5) is 12.5. The molecule has 1 aliphatic carbocycles. The molecule has 0 aromatic heterocycles. The fourth-order valence-corrected chi connectivity index (χ4v) is 4.21. The van der Waals surface area contributed by atoms with Crippen molar-refractivity contribution in [3.8, 4) is 11.5 Å². The van der Waals surface area contributed by atoms with Gasteiger partial charge in [0.2, 0.25) is 6.79 Å². The second-order valence-electron chi connectivity index (χ2n) is 7.09. The van der Waals surface area contributed by atoms with Crippen molar-refractivity contribution in [3.05, 3.63) is 35.4 Å². The van der Waals surface area contributed by atoms with Gasteiger partial charge in [-0.3, -0.25) is 4.79 Å². The van der Waals surface area contributed by atoms with Crippen molar-refractivity contribution in [1.29, 1.82) is 0 Å². The average Bonchev–Trinajstić information content (AvgIpc) is 3.11. The number of hydrogen-bond donors (Lipinski definition) is 2. The summed E-state index contributed by atoms with van der Waals surface area (Å²) in [7, 11) is 0. The highest BCUT2D eigenvalue weighted by molar-refractivity contribution is 5.98. The minimum Gasteiger partial charge on any atom is -0.454 e. The van der Waals surface area contributed by atoms with Crippen LogP contribution in [0.3, 0.4) is 0 Å². The highest BCUT2D eigenvalue weighted by atomic mass is 16.7. The lowest BCUT2D eigenvalue weighted by Gasteiger charge is -2.43. The molecule has 5 rings (SSSR count). The van der Waals surface area contributed by atoms with Gasteiger partial charge in [0, 0.05) is 18.1 Å². The van der Waals surface area contributed by atoms with Gasteiger partial charge in [-0.05, 0) is 37.0 Å². The van der Waals surface area contributed by atoms with E-state index < -0.39 is 12.2 Å². The van der Waals surface area contributed by atoms with Crippen LogP contribution in [0.1, 0.15) is 41.1 Å². The summed E-state index contributed by atoms with van der Waals surface area (Å²) in [6.07, 6.45) is 4.80. The topological polar surface area (TPSA) is 86.3 Å². The van der Waals surface area contributed by atoms with Gasteiger partial charge in [-0.25, -0.2) is 0 Å². The summed E-state index contributed by atoms with van der Waals surface area (Å²) < 4.78 is 22.8. The third kappa shape index (κ3) is 2.58. The van der Waals surface area contributed by atoms with Gasteiger partial charge >= 0.3 is 0 Å². The second kappa shape index (κ2) is 6.26. The van der Waals surface area contributed by atoms with E-state index in [2.05, 4.69) is 5.32 Å². The van der Waals surface area contributed by atoms with E-state index in [9.17, 15) is 9.90 Å². The third-order valence-corrected chi connectivity index (χ3v) is 5.49. The maximum absolute atomic E-state index is 12.5. The van der Waals surface area contributed by atoms with Crippen molar-refractivity contribution in [2.45, 2.75) is 49.7 Å². The van der Waals surface area contributed by atoms with E-state index in [1.807, 2.05) is 12.1 Å². The number of carbonyl (C=O) groups excluding carboxylic acids is 1. The lowest BCUT2D eigenvalue weighted by Crippen LogP contribution is -2.53. The Balaban J connectivity index is 1.53. The number of hydrogen-bond acceptors (Lipinski definition) is 6. The van der Waals surface area contributed by atoms with Crippen molar-refractivity contribution in [2.24, 2.45) is 0 Å². The lowest BCUT2D eigenvalue weighted by atomic mass is 9.75. The fourth-order valence-electron chi connectivity index (χ4n) is 4.21. The largest absolute Gasteiger partial charge is 0.454 e. The van der Waals surface area contributed by atoms with Crippen molar-refractivity contribution >= 4 is 5.91 Å². The van der Waals surface area contributed by atoms with Gasteiger partial charge in [-0.2, -0.15) is 0 Å². The minimum atomic E-state index is -0.768. The average molecular weight is 359 g/mol. The van der Waals surface area contributed by atoms with Crippen LogP contribution in [-0.2, 0) is 9.47 Å². The first kappa shape index (κ1) is 16.1. The molecule has 1 aromatic rings.